The van der Waals surface area contributed by atoms with E-state index in [0.717, 1.165) is 25.9 Å². The summed E-state index contributed by atoms with van der Waals surface area (Å²) in [4.78, 5) is 12.1. The molecule has 2 N–H and O–H groups in total. The van der Waals surface area contributed by atoms with Crippen molar-refractivity contribution in [2.45, 2.75) is 19.8 Å². The highest BCUT2D eigenvalue weighted by Gasteiger charge is 2.27. The van der Waals surface area contributed by atoms with Gasteiger partial charge in [-0.3, -0.25) is 4.79 Å². The van der Waals surface area contributed by atoms with Gasteiger partial charge in [0, 0.05) is 28.7 Å². The van der Waals surface area contributed by atoms with Crippen LogP contribution in [0.25, 0.3) is 0 Å². The van der Waals surface area contributed by atoms with Crippen LogP contribution in [0, 0.1) is 5.41 Å². The van der Waals surface area contributed by atoms with Crippen molar-refractivity contribution in [1.82, 2.24) is 10.6 Å². The molecule has 0 bridgehead atoms. The van der Waals surface area contributed by atoms with Gasteiger partial charge in [-0.15, -0.1) is 12.4 Å². The topological polar surface area (TPSA) is 41.1 Å². The Hall–Kier alpha value is -0.480. The third-order valence-corrected chi connectivity index (χ3v) is 3.92. The summed E-state index contributed by atoms with van der Waals surface area (Å²) in [7, 11) is 0. The minimum atomic E-state index is -0.129. The molecule has 6 heteroatoms. The lowest BCUT2D eigenvalue weighted by atomic mass is 9.83. The van der Waals surface area contributed by atoms with E-state index in [1.54, 1.807) is 18.2 Å². The Morgan fingerprint density at radius 1 is 1.35 bits per heavy atom. The van der Waals surface area contributed by atoms with Crippen molar-refractivity contribution in [2.24, 2.45) is 5.41 Å². The monoisotopic (exact) mass is 336 g/mol. The molecule has 2 rings (SSSR count). The minimum Gasteiger partial charge on any atom is -0.351 e. The molecule has 1 aliphatic rings. The third kappa shape index (κ3) is 4.81. The highest BCUT2D eigenvalue weighted by molar-refractivity contribution is 6.35. The lowest BCUT2D eigenvalue weighted by Crippen LogP contribution is -2.45. The fourth-order valence-electron chi connectivity index (χ4n) is 2.35. The maximum absolute atomic E-state index is 12.1. The molecule has 0 aromatic heterocycles. The van der Waals surface area contributed by atoms with Crippen molar-refractivity contribution in [1.29, 1.82) is 0 Å². The molecule has 1 fully saturated rings. The van der Waals surface area contributed by atoms with Crippen molar-refractivity contribution in [2.75, 3.05) is 19.6 Å². The van der Waals surface area contributed by atoms with Crippen LogP contribution in [-0.2, 0) is 0 Å². The fourth-order valence-corrected chi connectivity index (χ4v) is 2.88. The van der Waals surface area contributed by atoms with E-state index >= 15 is 0 Å². The maximum atomic E-state index is 12.1. The molecule has 0 aliphatic carbocycles. The predicted octanol–water partition coefficient (Wildman–Crippen LogP) is 3.53. The minimum absolute atomic E-state index is 0. The van der Waals surface area contributed by atoms with Gasteiger partial charge in [-0.1, -0.05) is 30.1 Å². The Labute approximate surface area is 135 Å². The van der Waals surface area contributed by atoms with Crippen LogP contribution in [0.5, 0.6) is 0 Å². The van der Waals surface area contributed by atoms with E-state index in [1.807, 2.05) is 0 Å². The standard InChI is InChI=1S/C14H18Cl2N2O.ClH/c1-14(3-2-4-17-8-14)9-18-13(19)10-5-11(15)7-12(16)6-10;/h5-7,17H,2-4,8-9H2,1H3,(H,18,19);1H. The fraction of sp³-hybridized carbons (Fsp3) is 0.500. The van der Waals surface area contributed by atoms with Crippen LogP contribution in [0.1, 0.15) is 30.1 Å². The first-order chi connectivity index (χ1) is 8.98. The number of nitrogens with one attached hydrogen (secondary N) is 2. The predicted molar refractivity (Wildman–Crippen MR) is 86.3 cm³/mol. The number of amides is 1. The molecule has 0 saturated carbocycles. The lowest BCUT2D eigenvalue weighted by Gasteiger charge is -2.34. The zero-order valence-corrected chi connectivity index (χ0v) is 13.7. The Balaban J connectivity index is 0.00000200. The van der Waals surface area contributed by atoms with Crippen LogP contribution in [0.4, 0.5) is 0 Å². The molecule has 1 aromatic rings. The van der Waals surface area contributed by atoms with Gasteiger partial charge in [-0.25, -0.2) is 0 Å². The molecular weight excluding hydrogens is 319 g/mol. The number of carbonyl (C=O) groups excluding carboxylic acids is 1. The Kier molecular flexibility index (Phi) is 6.59. The number of benzene rings is 1. The van der Waals surface area contributed by atoms with Crippen LogP contribution in [0.15, 0.2) is 18.2 Å². The first-order valence-electron chi connectivity index (χ1n) is 6.44. The summed E-state index contributed by atoms with van der Waals surface area (Å²) in [6.45, 7) is 4.84. The Morgan fingerprint density at radius 2 is 2.00 bits per heavy atom. The van der Waals surface area contributed by atoms with E-state index in [4.69, 9.17) is 23.2 Å². The van der Waals surface area contributed by atoms with E-state index in [-0.39, 0.29) is 23.7 Å². The summed E-state index contributed by atoms with van der Waals surface area (Å²) in [5.41, 5.74) is 0.626. The van der Waals surface area contributed by atoms with Gasteiger partial charge in [-0.05, 0) is 43.0 Å². The second-order valence-electron chi connectivity index (χ2n) is 5.43. The van der Waals surface area contributed by atoms with Crippen molar-refractivity contribution in [3.05, 3.63) is 33.8 Å². The summed E-state index contributed by atoms with van der Waals surface area (Å²) in [6, 6.07) is 4.88. The van der Waals surface area contributed by atoms with Crippen molar-refractivity contribution < 1.29 is 4.79 Å². The summed E-state index contributed by atoms with van der Waals surface area (Å²) >= 11 is 11.8. The molecule has 1 amide bonds. The van der Waals surface area contributed by atoms with Gasteiger partial charge in [0.25, 0.3) is 5.91 Å². The quantitative estimate of drug-likeness (QED) is 0.886. The number of hydrogen-bond acceptors (Lipinski definition) is 2. The Bertz CT molecular complexity index is 453. The highest BCUT2D eigenvalue weighted by atomic mass is 35.5. The molecule has 1 atom stereocenters. The molecule has 1 aliphatic heterocycles. The van der Waals surface area contributed by atoms with Crippen LogP contribution in [0.2, 0.25) is 10.0 Å². The van der Waals surface area contributed by atoms with Crippen LogP contribution < -0.4 is 10.6 Å². The summed E-state index contributed by atoms with van der Waals surface area (Å²) in [5.74, 6) is -0.129. The number of hydrogen-bond donors (Lipinski definition) is 2. The van der Waals surface area contributed by atoms with E-state index in [2.05, 4.69) is 17.6 Å². The largest absolute Gasteiger partial charge is 0.351 e. The first-order valence-corrected chi connectivity index (χ1v) is 7.19. The van der Waals surface area contributed by atoms with Crippen LogP contribution >= 0.6 is 35.6 Å². The average molecular weight is 338 g/mol. The average Bonchev–Trinajstić information content (AvgIpc) is 2.36. The summed E-state index contributed by atoms with van der Waals surface area (Å²) < 4.78 is 0. The zero-order valence-electron chi connectivity index (χ0n) is 11.3. The van der Waals surface area contributed by atoms with E-state index < -0.39 is 0 Å². The number of piperidine rings is 1. The van der Waals surface area contributed by atoms with Gasteiger partial charge in [0.15, 0.2) is 0 Å². The SMILES string of the molecule is CC1(CNC(=O)c2cc(Cl)cc(Cl)c2)CCCNC1.Cl. The normalized spacial score (nSPS) is 21.9. The van der Waals surface area contributed by atoms with E-state index in [9.17, 15) is 4.79 Å². The van der Waals surface area contributed by atoms with Crippen LogP contribution in [-0.4, -0.2) is 25.5 Å². The molecule has 1 unspecified atom stereocenters. The molecule has 20 heavy (non-hydrogen) atoms. The van der Waals surface area contributed by atoms with Gasteiger partial charge in [0.1, 0.15) is 0 Å². The van der Waals surface area contributed by atoms with Crippen molar-refractivity contribution in [3.63, 3.8) is 0 Å². The molecule has 1 aromatic carbocycles. The first kappa shape index (κ1) is 17.6. The Morgan fingerprint density at radius 3 is 2.55 bits per heavy atom. The van der Waals surface area contributed by atoms with E-state index in [0.29, 0.717) is 22.2 Å². The van der Waals surface area contributed by atoms with Crippen molar-refractivity contribution >= 4 is 41.5 Å². The molecule has 0 spiro atoms. The molecule has 3 nitrogen and oxygen atoms in total. The molecule has 1 saturated heterocycles. The summed E-state index contributed by atoms with van der Waals surface area (Å²) in [6.07, 6.45) is 2.27. The third-order valence-electron chi connectivity index (χ3n) is 3.49. The number of rotatable bonds is 3. The van der Waals surface area contributed by atoms with E-state index in [1.165, 1.54) is 0 Å². The molecule has 112 valence electrons. The maximum Gasteiger partial charge on any atom is 0.251 e. The van der Waals surface area contributed by atoms with Gasteiger partial charge >= 0.3 is 0 Å². The second-order valence-corrected chi connectivity index (χ2v) is 6.30. The highest BCUT2D eigenvalue weighted by Crippen LogP contribution is 2.24. The molecule has 1 heterocycles. The van der Waals surface area contributed by atoms with Gasteiger partial charge in [-0.2, -0.15) is 0 Å². The van der Waals surface area contributed by atoms with Crippen molar-refractivity contribution in [3.8, 4) is 0 Å². The molecule has 0 radical (unpaired) electrons. The number of halogens is 3. The van der Waals surface area contributed by atoms with Gasteiger partial charge in [0.05, 0.1) is 0 Å². The number of carbonyl (C=O) groups is 1. The van der Waals surface area contributed by atoms with Gasteiger partial charge < -0.3 is 10.6 Å². The van der Waals surface area contributed by atoms with Crippen LogP contribution in [0.3, 0.4) is 0 Å². The zero-order chi connectivity index (χ0) is 13.9. The smallest absolute Gasteiger partial charge is 0.251 e. The lowest BCUT2D eigenvalue weighted by molar-refractivity contribution is 0.0924. The van der Waals surface area contributed by atoms with Gasteiger partial charge in [0.2, 0.25) is 0 Å². The second kappa shape index (κ2) is 7.51. The summed E-state index contributed by atoms with van der Waals surface area (Å²) in [5, 5.41) is 7.28. The molecular formula is C14H19Cl3N2O.